The topological polar surface area (TPSA) is 46.9 Å². The molecule has 26 heavy (non-hydrogen) atoms. The average Bonchev–Trinajstić information content (AvgIpc) is 3.33. The molecule has 0 saturated heterocycles. The highest BCUT2D eigenvalue weighted by Crippen LogP contribution is 2.49. The number of halogens is 1. The van der Waals surface area contributed by atoms with Crippen molar-refractivity contribution in [2.24, 2.45) is 5.92 Å². The van der Waals surface area contributed by atoms with Crippen molar-refractivity contribution in [3.05, 3.63) is 83.1 Å². The van der Waals surface area contributed by atoms with Crippen LogP contribution in [-0.4, -0.2) is 22.2 Å². The number of hydrogen-bond acceptors (Lipinski definition) is 2. The number of nitrogens with one attached hydrogen (secondary N) is 1. The molecule has 1 aliphatic rings. The fourth-order valence-electron chi connectivity index (χ4n) is 3.28. The lowest BCUT2D eigenvalue weighted by Crippen LogP contribution is -2.27. The molecule has 0 radical (unpaired) electrons. The molecule has 2 unspecified atom stereocenters. The van der Waals surface area contributed by atoms with Crippen LogP contribution in [0, 0.1) is 5.92 Å². The SMILES string of the molecule is O=C(NCCc1cnn(-c2ccccc2)c1)C1CC1c1ccccc1Cl. The van der Waals surface area contributed by atoms with Gasteiger partial charge in [0, 0.05) is 23.7 Å². The number of hydrogen-bond donors (Lipinski definition) is 1. The molecule has 4 nitrogen and oxygen atoms in total. The first-order chi connectivity index (χ1) is 12.7. The van der Waals surface area contributed by atoms with E-state index in [1.54, 1.807) is 0 Å². The van der Waals surface area contributed by atoms with Gasteiger partial charge in [0.15, 0.2) is 0 Å². The summed E-state index contributed by atoms with van der Waals surface area (Å²) in [6.45, 7) is 0.616. The number of benzene rings is 2. The van der Waals surface area contributed by atoms with E-state index >= 15 is 0 Å². The molecule has 1 fully saturated rings. The molecule has 0 aliphatic heterocycles. The van der Waals surface area contributed by atoms with Crippen LogP contribution in [0.4, 0.5) is 0 Å². The van der Waals surface area contributed by atoms with E-state index in [2.05, 4.69) is 10.4 Å². The molecule has 1 heterocycles. The first kappa shape index (κ1) is 16.9. The molecule has 2 atom stereocenters. The quantitative estimate of drug-likeness (QED) is 0.718. The molecular weight excluding hydrogens is 346 g/mol. The van der Waals surface area contributed by atoms with Crippen molar-refractivity contribution in [1.82, 2.24) is 15.1 Å². The number of amides is 1. The van der Waals surface area contributed by atoms with Gasteiger partial charge >= 0.3 is 0 Å². The van der Waals surface area contributed by atoms with Crippen molar-refractivity contribution in [2.75, 3.05) is 6.54 Å². The number of nitrogens with zero attached hydrogens (tertiary/aromatic N) is 2. The minimum absolute atomic E-state index is 0.0435. The van der Waals surface area contributed by atoms with E-state index in [1.165, 1.54) is 0 Å². The minimum Gasteiger partial charge on any atom is -0.356 e. The maximum Gasteiger partial charge on any atom is 0.223 e. The third-order valence-electron chi connectivity index (χ3n) is 4.80. The Balaban J connectivity index is 1.27. The van der Waals surface area contributed by atoms with Gasteiger partial charge in [-0.05, 0) is 48.1 Å². The van der Waals surface area contributed by atoms with Crippen LogP contribution >= 0.6 is 11.6 Å². The van der Waals surface area contributed by atoms with Crippen molar-refractivity contribution in [3.63, 3.8) is 0 Å². The summed E-state index contributed by atoms with van der Waals surface area (Å²) in [6.07, 6.45) is 5.50. The highest BCUT2D eigenvalue weighted by Gasteiger charge is 2.44. The van der Waals surface area contributed by atoms with Crippen molar-refractivity contribution >= 4 is 17.5 Å². The summed E-state index contributed by atoms with van der Waals surface area (Å²) in [6, 6.07) is 17.8. The third-order valence-corrected chi connectivity index (χ3v) is 5.15. The molecule has 4 rings (SSSR count). The summed E-state index contributed by atoms with van der Waals surface area (Å²) in [5, 5.41) is 8.18. The lowest BCUT2D eigenvalue weighted by molar-refractivity contribution is -0.122. The molecule has 0 bridgehead atoms. The summed E-state index contributed by atoms with van der Waals surface area (Å²) >= 11 is 6.23. The summed E-state index contributed by atoms with van der Waals surface area (Å²) in [5.74, 6) is 0.414. The molecular formula is C21H20ClN3O. The first-order valence-electron chi connectivity index (χ1n) is 8.83. The third kappa shape index (κ3) is 3.65. The summed E-state index contributed by atoms with van der Waals surface area (Å²) in [7, 11) is 0. The van der Waals surface area contributed by atoms with E-state index in [0.717, 1.165) is 34.7 Å². The Kier molecular flexibility index (Phi) is 4.76. The highest BCUT2D eigenvalue weighted by atomic mass is 35.5. The Morgan fingerprint density at radius 2 is 1.92 bits per heavy atom. The van der Waals surface area contributed by atoms with E-state index in [1.807, 2.05) is 71.7 Å². The second-order valence-corrected chi connectivity index (χ2v) is 7.05. The van der Waals surface area contributed by atoms with Gasteiger partial charge in [0.2, 0.25) is 5.91 Å². The van der Waals surface area contributed by atoms with Crippen LogP contribution in [0.1, 0.15) is 23.5 Å². The van der Waals surface area contributed by atoms with Crippen LogP contribution < -0.4 is 5.32 Å². The molecule has 2 aromatic carbocycles. The highest BCUT2D eigenvalue weighted by molar-refractivity contribution is 6.31. The molecule has 0 spiro atoms. The predicted octanol–water partition coefficient (Wildman–Crippen LogP) is 3.99. The second kappa shape index (κ2) is 7.34. The van der Waals surface area contributed by atoms with Gasteiger partial charge in [0.05, 0.1) is 11.9 Å². The zero-order valence-electron chi connectivity index (χ0n) is 14.3. The normalized spacial score (nSPS) is 18.5. The van der Waals surface area contributed by atoms with Crippen LogP contribution in [-0.2, 0) is 11.2 Å². The van der Waals surface area contributed by atoms with E-state index in [9.17, 15) is 4.79 Å². The number of aromatic nitrogens is 2. The van der Waals surface area contributed by atoms with Gasteiger partial charge in [-0.1, -0.05) is 48.0 Å². The molecule has 5 heteroatoms. The molecule has 1 aliphatic carbocycles. The van der Waals surface area contributed by atoms with Gasteiger partial charge < -0.3 is 5.32 Å². The molecule has 1 N–H and O–H groups in total. The van der Waals surface area contributed by atoms with Gasteiger partial charge in [-0.2, -0.15) is 5.10 Å². The van der Waals surface area contributed by atoms with Crippen LogP contribution in [0.15, 0.2) is 67.0 Å². The fraction of sp³-hybridized carbons (Fsp3) is 0.238. The standard InChI is InChI=1S/C21H20ClN3O/c22-20-9-5-4-8-17(20)18-12-19(18)21(26)23-11-10-15-13-24-25(14-15)16-6-2-1-3-7-16/h1-9,13-14,18-19H,10-12H2,(H,23,26). The zero-order chi connectivity index (χ0) is 17.9. The Bertz CT molecular complexity index is 906. The minimum atomic E-state index is 0.0435. The van der Waals surface area contributed by atoms with Crippen molar-refractivity contribution in [3.8, 4) is 5.69 Å². The van der Waals surface area contributed by atoms with E-state index in [4.69, 9.17) is 11.6 Å². The summed E-state index contributed by atoms with van der Waals surface area (Å²) in [5.41, 5.74) is 3.22. The van der Waals surface area contributed by atoms with Gasteiger partial charge in [0.1, 0.15) is 0 Å². The average molecular weight is 366 g/mol. The van der Waals surface area contributed by atoms with Crippen LogP contribution in [0.5, 0.6) is 0 Å². The lowest BCUT2D eigenvalue weighted by Gasteiger charge is -2.05. The van der Waals surface area contributed by atoms with Crippen LogP contribution in [0.3, 0.4) is 0 Å². The largest absolute Gasteiger partial charge is 0.356 e. The molecule has 1 saturated carbocycles. The van der Waals surface area contributed by atoms with Gasteiger partial charge in [0.25, 0.3) is 0 Å². The van der Waals surface area contributed by atoms with Crippen molar-refractivity contribution in [1.29, 1.82) is 0 Å². The van der Waals surface area contributed by atoms with Gasteiger partial charge in [-0.15, -0.1) is 0 Å². The number of rotatable bonds is 6. The number of carbonyl (C=O) groups is 1. The monoisotopic (exact) mass is 365 g/mol. The maximum atomic E-state index is 12.3. The molecule has 3 aromatic rings. The fourth-order valence-corrected chi connectivity index (χ4v) is 3.55. The van der Waals surface area contributed by atoms with Gasteiger partial charge in [-0.25, -0.2) is 4.68 Å². The van der Waals surface area contributed by atoms with Crippen LogP contribution in [0.2, 0.25) is 5.02 Å². The Labute approximate surface area is 157 Å². The summed E-state index contributed by atoms with van der Waals surface area (Å²) in [4.78, 5) is 12.3. The Hall–Kier alpha value is -2.59. The van der Waals surface area contributed by atoms with Gasteiger partial charge in [-0.3, -0.25) is 4.79 Å². The zero-order valence-corrected chi connectivity index (χ0v) is 15.1. The molecule has 1 aromatic heterocycles. The van der Waals surface area contributed by atoms with Crippen molar-refractivity contribution < 1.29 is 4.79 Å². The maximum absolute atomic E-state index is 12.3. The van der Waals surface area contributed by atoms with E-state index in [-0.39, 0.29) is 17.7 Å². The number of carbonyl (C=O) groups excluding carboxylic acids is 1. The second-order valence-electron chi connectivity index (χ2n) is 6.64. The predicted molar refractivity (Wildman–Crippen MR) is 103 cm³/mol. The summed E-state index contributed by atoms with van der Waals surface area (Å²) < 4.78 is 1.85. The number of para-hydroxylation sites is 1. The van der Waals surface area contributed by atoms with Crippen molar-refractivity contribution in [2.45, 2.75) is 18.8 Å². The van der Waals surface area contributed by atoms with Crippen LogP contribution in [0.25, 0.3) is 5.69 Å². The smallest absolute Gasteiger partial charge is 0.223 e. The van der Waals surface area contributed by atoms with E-state index < -0.39 is 0 Å². The molecule has 132 valence electrons. The Morgan fingerprint density at radius 1 is 1.15 bits per heavy atom. The first-order valence-corrected chi connectivity index (χ1v) is 9.21. The molecule has 1 amide bonds. The Morgan fingerprint density at radius 3 is 2.73 bits per heavy atom. The lowest BCUT2D eigenvalue weighted by atomic mass is 10.1. The van der Waals surface area contributed by atoms with E-state index in [0.29, 0.717) is 6.54 Å².